The summed E-state index contributed by atoms with van der Waals surface area (Å²) in [5.74, 6) is -0.267. The molecule has 1 aromatic rings. The third kappa shape index (κ3) is 2.80. The van der Waals surface area contributed by atoms with E-state index in [9.17, 15) is 4.39 Å². The lowest BCUT2D eigenvalue weighted by Gasteiger charge is -2.24. The topological polar surface area (TPSA) is 39.9 Å². The molecule has 0 aliphatic carbocycles. The van der Waals surface area contributed by atoms with Crippen LogP contribution in [0.1, 0.15) is 13.3 Å². The number of nitrogens with zero attached hydrogens (tertiary/aromatic N) is 3. The first-order chi connectivity index (χ1) is 7.06. The van der Waals surface area contributed by atoms with Crippen molar-refractivity contribution in [1.29, 1.82) is 5.26 Å². The van der Waals surface area contributed by atoms with Crippen LogP contribution in [0.4, 0.5) is 10.2 Å². The highest BCUT2D eigenvalue weighted by molar-refractivity contribution is 6.30. The van der Waals surface area contributed by atoms with E-state index in [0.29, 0.717) is 6.42 Å². The van der Waals surface area contributed by atoms with Crippen molar-refractivity contribution >= 4 is 17.4 Å². The average Bonchev–Trinajstić information content (AvgIpc) is 2.17. The number of hydrogen-bond acceptors (Lipinski definition) is 3. The van der Waals surface area contributed by atoms with Crippen LogP contribution in [0.3, 0.4) is 0 Å². The van der Waals surface area contributed by atoms with E-state index in [0.717, 1.165) is 0 Å². The molecule has 0 N–H and O–H groups in total. The summed E-state index contributed by atoms with van der Waals surface area (Å²) in [4.78, 5) is 5.51. The molecule has 80 valence electrons. The van der Waals surface area contributed by atoms with Crippen molar-refractivity contribution in [3.8, 4) is 6.07 Å². The number of hydrogen-bond donors (Lipinski definition) is 0. The van der Waals surface area contributed by atoms with Gasteiger partial charge >= 0.3 is 0 Å². The molecule has 1 rings (SSSR count). The van der Waals surface area contributed by atoms with Crippen LogP contribution in [0.15, 0.2) is 12.3 Å². The van der Waals surface area contributed by atoms with E-state index < -0.39 is 5.82 Å². The fourth-order valence-corrected chi connectivity index (χ4v) is 1.29. The van der Waals surface area contributed by atoms with Gasteiger partial charge in [-0.15, -0.1) is 0 Å². The van der Waals surface area contributed by atoms with Gasteiger partial charge in [0.05, 0.1) is 17.5 Å². The lowest BCUT2D eigenvalue weighted by molar-refractivity contribution is 0.598. The minimum Gasteiger partial charge on any atom is -0.354 e. The Balaban J connectivity index is 2.91. The minimum absolute atomic E-state index is 0.0850. The molecule has 0 aliphatic rings. The van der Waals surface area contributed by atoms with E-state index in [1.165, 1.54) is 12.3 Å². The molecular weight excluding hydrogens is 217 g/mol. The van der Waals surface area contributed by atoms with Crippen LogP contribution in [0.2, 0.25) is 5.02 Å². The van der Waals surface area contributed by atoms with Crippen molar-refractivity contribution in [2.45, 2.75) is 19.4 Å². The zero-order chi connectivity index (χ0) is 11.4. The predicted molar refractivity (Wildman–Crippen MR) is 57.3 cm³/mol. The summed E-state index contributed by atoms with van der Waals surface area (Å²) < 4.78 is 13.4. The summed E-state index contributed by atoms with van der Waals surface area (Å²) in [6.45, 7) is 1.83. The van der Waals surface area contributed by atoms with Crippen molar-refractivity contribution < 1.29 is 4.39 Å². The van der Waals surface area contributed by atoms with Gasteiger partial charge in [0, 0.05) is 19.3 Å². The van der Waals surface area contributed by atoms with Crippen LogP contribution < -0.4 is 4.90 Å². The molecule has 1 heterocycles. The Hall–Kier alpha value is -1.34. The largest absolute Gasteiger partial charge is 0.354 e. The van der Waals surface area contributed by atoms with Crippen molar-refractivity contribution in [2.24, 2.45) is 0 Å². The van der Waals surface area contributed by atoms with E-state index in [4.69, 9.17) is 16.9 Å². The van der Waals surface area contributed by atoms with Gasteiger partial charge in [-0.05, 0) is 13.0 Å². The summed E-state index contributed by atoms with van der Waals surface area (Å²) in [6.07, 6.45) is 1.70. The minimum atomic E-state index is -0.477. The summed E-state index contributed by atoms with van der Waals surface area (Å²) in [5, 5.41) is 8.80. The van der Waals surface area contributed by atoms with Crippen LogP contribution >= 0.6 is 11.6 Å². The third-order valence-corrected chi connectivity index (χ3v) is 2.38. The number of halogens is 2. The van der Waals surface area contributed by atoms with Crippen molar-refractivity contribution in [2.75, 3.05) is 11.9 Å². The maximum atomic E-state index is 13.4. The predicted octanol–water partition coefficient (Wildman–Crippen LogP) is 2.61. The summed E-state index contributed by atoms with van der Waals surface area (Å²) in [6, 6.07) is 3.15. The second kappa shape index (κ2) is 4.94. The third-order valence-electron chi connectivity index (χ3n) is 2.17. The highest BCUT2D eigenvalue weighted by Gasteiger charge is 2.15. The fourth-order valence-electron chi connectivity index (χ4n) is 1.14. The van der Waals surface area contributed by atoms with Crippen LogP contribution in [0.5, 0.6) is 0 Å². The number of rotatable bonds is 3. The average molecular weight is 228 g/mol. The molecule has 0 saturated carbocycles. The Morgan fingerprint density at radius 2 is 2.40 bits per heavy atom. The summed E-state index contributed by atoms with van der Waals surface area (Å²) in [7, 11) is 1.70. The number of aromatic nitrogens is 1. The van der Waals surface area contributed by atoms with Crippen LogP contribution in [-0.4, -0.2) is 18.1 Å². The van der Waals surface area contributed by atoms with Gasteiger partial charge in [-0.1, -0.05) is 11.6 Å². The van der Waals surface area contributed by atoms with Gasteiger partial charge in [-0.2, -0.15) is 5.26 Å². The van der Waals surface area contributed by atoms with E-state index in [1.807, 2.05) is 13.0 Å². The molecule has 0 spiro atoms. The first-order valence-corrected chi connectivity index (χ1v) is 4.85. The second-order valence-corrected chi connectivity index (χ2v) is 3.72. The van der Waals surface area contributed by atoms with Gasteiger partial charge in [0.2, 0.25) is 0 Å². The molecule has 5 heteroatoms. The molecule has 0 amide bonds. The number of anilines is 1. The first-order valence-electron chi connectivity index (χ1n) is 4.47. The molecule has 1 atom stereocenters. The standard InChI is InChI=1S/C10H11ClFN3/c1-7(3-4-13)15(2)10-9(12)5-8(11)6-14-10/h5-7H,3H2,1-2H3. The summed E-state index contributed by atoms with van der Waals surface area (Å²) >= 11 is 5.59. The normalized spacial score (nSPS) is 11.9. The smallest absolute Gasteiger partial charge is 0.167 e. The molecule has 1 unspecified atom stereocenters. The van der Waals surface area contributed by atoms with Crippen LogP contribution in [-0.2, 0) is 0 Å². The van der Waals surface area contributed by atoms with Crippen molar-refractivity contribution in [3.05, 3.63) is 23.1 Å². The highest BCUT2D eigenvalue weighted by Crippen LogP contribution is 2.20. The van der Waals surface area contributed by atoms with Gasteiger partial charge in [-0.25, -0.2) is 9.37 Å². The SMILES string of the molecule is CC(CC#N)N(C)c1ncc(Cl)cc1F. The maximum Gasteiger partial charge on any atom is 0.167 e. The van der Waals surface area contributed by atoms with E-state index >= 15 is 0 Å². The van der Waals surface area contributed by atoms with Gasteiger partial charge in [0.25, 0.3) is 0 Å². The molecule has 0 aliphatic heterocycles. The molecule has 0 saturated heterocycles. The molecule has 0 radical (unpaired) electrons. The Kier molecular flexibility index (Phi) is 3.87. The van der Waals surface area contributed by atoms with E-state index in [2.05, 4.69) is 4.98 Å². The van der Waals surface area contributed by atoms with Gasteiger partial charge in [0.15, 0.2) is 11.6 Å². The number of nitriles is 1. The summed E-state index contributed by atoms with van der Waals surface area (Å²) in [5.41, 5.74) is 0. The van der Waals surface area contributed by atoms with Crippen LogP contribution in [0.25, 0.3) is 0 Å². The van der Waals surface area contributed by atoms with Crippen molar-refractivity contribution in [3.63, 3.8) is 0 Å². The molecule has 1 aromatic heterocycles. The molecule has 0 bridgehead atoms. The highest BCUT2D eigenvalue weighted by atomic mass is 35.5. The van der Waals surface area contributed by atoms with E-state index in [1.54, 1.807) is 11.9 Å². The van der Waals surface area contributed by atoms with Crippen LogP contribution in [0, 0.1) is 17.1 Å². The Morgan fingerprint density at radius 3 is 2.93 bits per heavy atom. The Morgan fingerprint density at radius 1 is 1.73 bits per heavy atom. The first kappa shape index (κ1) is 11.7. The lowest BCUT2D eigenvalue weighted by atomic mass is 10.2. The quantitative estimate of drug-likeness (QED) is 0.797. The molecule has 0 fully saturated rings. The molecule has 0 aromatic carbocycles. The zero-order valence-corrected chi connectivity index (χ0v) is 9.29. The molecule has 3 nitrogen and oxygen atoms in total. The Labute approximate surface area is 93.1 Å². The maximum absolute atomic E-state index is 13.4. The van der Waals surface area contributed by atoms with Gasteiger partial charge < -0.3 is 4.90 Å². The zero-order valence-electron chi connectivity index (χ0n) is 8.54. The fraction of sp³-hybridized carbons (Fsp3) is 0.400. The number of pyridine rings is 1. The van der Waals surface area contributed by atoms with Gasteiger partial charge in [-0.3, -0.25) is 0 Å². The lowest BCUT2D eigenvalue weighted by Crippen LogP contribution is -2.29. The van der Waals surface area contributed by atoms with E-state index in [-0.39, 0.29) is 16.9 Å². The molecular formula is C10H11ClFN3. The van der Waals surface area contributed by atoms with Gasteiger partial charge in [0.1, 0.15) is 0 Å². The molecule has 15 heavy (non-hydrogen) atoms. The van der Waals surface area contributed by atoms with Crippen molar-refractivity contribution in [1.82, 2.24) is 4.98 Å². The second-order valence-electron chi connectivity index (χ2n) is 3.28. The monoisotopic (exact) mass is 227 g/mol. The Bertz CT molecular complexity index is 389.